The molecule has 0 radical (unpaired) electrons. The van der Waals surface area contributed by atoms with Crippen LogP contribution in [0.1, 0.15) is 12.0 Å². The number of nitrogens with one attached hydrogen (secondary N) is 1. The first-order valence-electron chi connectivity index (χ1n) is 6.83. The van der Waals surface area contributed by atoms with Gasteiger partial charge in [0.15, 0.2) is 0 Å². The Morgan fingerprint density at radius 2 is 2.11 bits per heavy atom. The fraction of sp³-hybridized carbons (Fsp3) is 0.375. The van der Waals surface area contributed by atoms with E-state index in [4.69, 9.17) is 10.5 Å². The van der Waals surface area contributed by atoms with Gasteiger partial charge < -0.3 is 15.8 Å². The van der Waals surface area contributed by atoms with Crippen LogP contribution >= 0.6 is 0 Å². The van der Waals surface area contributed by atoms with E-state index in [1.165, 1.54) is 11.1 Å². The maximum Gasteiger partial charge on any atom is 0.0918 e. The van der Waals surface area contributed by atoms with Crippen LogP contribution in [-0.2, 0) is 4.74 Å². The average molecular weight is 256 g/mol. The Morgan fingerprint density at radius 3 is 2.84 bits per heavy atom. The monoisotopic (exact) mass is 256 g/mol. The third kappa shape index (κ3) is 2.63. The van der Waals surface area contributed by atoms with Gasteiger partial charge in [-0.1, -0.05) is 48.6 Å². The van der Waals surface area contributed by atoms with E-state index in [1.54, 1.807) is 0 Å². The van der Waals surface area contributed by atoms with Crippen molar-refractivity contribution in [2.45, 2.75) is 18.1 Å². The van der Waals surface area contributed by atoms with Crippen LogP contribution in [0.3, 0.4) is 0 Å². The number of hydrogen-bond donors (Lipinski definition) is 2. The largest absolute Gasteiger partial charge is 0.373 e. The molecular formula is C16H20N2O. The Labute approximate surface area is 114 Å². The van der Waals surface area contributed by atoms with Gasteiger partial charge in [-0.25, -0.2) is 0 Å². The molecule has 3 N–H and O–H groups in total. The van der Waals surface area contributed by atoms with Gasteiger partial charge in [0.2, 0.25) is 0 Å². The number of allylic oxidation sites excluding steroid dienone is 2. The van der Waals surface area contributed by atoms with E-state index in [0.29, 0.717) is 0 Å². The Morgan fingerprint density at radius 1 is 1.26 bits per heavy atom. The molecule has 1 fully saturated rings. The van der Waals surface area contributed by atoms with Gasteiger partial charge >= 0.3 is 0 Å². The highest BCUT2D eigenvalue weighted by atomic mass is 16.5. The zero-order chi connectivity index (χ0) is 13.1. The summed E-state index contributed by atoms with van der Waals surface area (Å²) >= 11 is 0. The minimum Gasteiger partial charge on any atom is -0.373 e. The second kappa shape index (κ2) is 5.29. The first-order chi connectivity index (χ1) is 9.28. The predicted octanol–water partition coefficient (Wildman–Crippen LogP) is 1.72. The molecule has 1 aromatic carbocycles. The fourth-order valence-electron chi connectivity index (χ4n) is 2.77. The van der Waals surface area contributed by atoms with Crippen molar-refractivity contribution in [3.8, 4) is 0 Å². The van der Waals surface area contributed by atoms with Crippen molar-refractivity contribution in [2.75, 3.05) is 19.7 Å². The predicted molar refractivity (Wildman–Crippen MR) is 77.7 cm³/mol. The van der Waals surface area contributed by atoms with Gasteiger partial charge in [0.1, 0.15) is 0 Å². The van der Waals surface area contributed by atoms with E-state index < -0.39 is 5.54 Å². The molecule has 3 heteroatoms. The highest BCUT2D eigenvalue weighted by Gasteiger charge is 2.36. The minimum atomic E-state index is -0.409. The standard InChI is InChI=1S/C16H20N2O/c17-16(15-12-18-9-10-19-15)8-4-7-14(11-16)13-5-2-1-3-6-13/h1-8,15,18H,9-12,17H2. The molecule has 1 aromatic rings. The van der Waals surface area contributed by atoms with E-state index in [9.17, 15) is 0 Å². The van der Waals surface area contributed by atoms with Crippen LogP contribution < -0.4 is 11.1 Å². The molecule has 3 nitrogen and oxygen atoms in total. The molecule has 2 aliphatic rings. The Bertz CT molecular complexity index is 489. The molecule has 0 bridgehead atoms. The van der Waals surface area contributed by atoms with Crippen LogP contribution in [0.4, 0.5) is 0 Å². The van der Waals surface area contributed by atoms with E-state index in [1.807, 2.05) is 6.07 Å². The van der Waals surface area contributed by atoms with Gasteiger partial charge in [-0.15, -0.1) is 0 Å². The Balaban J connectivity index is 1.80. The summed E-state index contributed by atoms with van der Waals surface area (Å²) in [7, 11) is 0. The quantitative estimate of drug-likeness (QED) is 0.847. The molecule has 0 amide bonds. The molecule has 0 aromatic heterocycles. The summed E-state index contributed by atoms with van der Waals surface area (Å²) in [5, 5.41) is 3.35. The van der Waals surface area contributed by atoms with Crippen molar-refractivity contribution in [3.63, 3.8) is 0 Å². The third-order valence-electron chi connectivity index (χ3n) is 3.87. The second-order valence-corrected chi connectivity index (χ2v) is 5.27. The van der Waals surface area contributed by atoms with Gasteiger partial charge in [-0.2, -0.15) is 0 Å². The molecular weight excluding hydrogens is 236 g/mol. The lowest BCUT2D eigenvalue weighted by molar-refractivity contribution is -0.00633. The first kappa shape index (κ1) is 12.6. The summed E-state index contributed by atoms with van der Waals surface area (Å²) < 4.78 is 5.84. The highest BCUT2D eigenvalue weighted by Crippen LogP contribution is 2.31. The number of benzene rings is 1. The van der Waals surface area contributed by atoms with Gasteiger partial charge in [-0.05, 0) is 17.6 Å². The first-order valence-corrected chi connectivity index (χ1v) is 6.83. The second-order valence-electron chi connectivity index (χ2n) is 5.27. The number of ether oxygens (including phenoxy) is 1. The van der Waals surface area contributed by atoms with E-state index in [2.05, 4.69) is 47.8 Å². The summed E-state index contributed by atoms with van der Waals surface area (Å²) in [6.07, 6.45) is 7.15. The highest BCUT2D eigenvalue weighted by molar-refractivity contribution is 5.70. The summed E-state index contributed by atoms with van der Waals surface area (Å²) in [4.78, 5) is 0. The zero-order valence-electron chi connectivity index (χ0n) is 11.0. The number of morpholine rings is 1. The van der Waals surface area contributed by atoms with Crippen molar-refractivity contribution in [3.05, 3.63) is 54.1 Å². The zero-order valence-corrected chi connectivity index (χ0v) is 11.0. The normalized spacial score (nSPS) is 31.0. The van der Waals surface area contributed by atoms with Crippen LogP contribution in [0.5, 0.6) is 0 Å². The molecule has 19 heavy (non-hydrogen) atoms. The van der Waals surface area contributed by atoms with Crippen molar-refractivity contribution < 1.29 is 4.74 Å². The number of rotatable bonds is 2. The summed E-state index contributed by atoms with van der Waals surface area (Å²) in [6, 6.07) is 10.4. The van der Waals surface area contributed by atoms with E-state index in [-0.39, 0.29) is 6.10 Å². The van der Waals surface area contributed by atoms with Crippen molar-refractivity contribution in [1.29, 1.82) is 0 Å². The van der Waals surface area contributed by atoms with E-state index in [0.717, 1.165) is 26.1 Å². The maximum absolute atomic E-state index is 6.57. The van der Waals surface area contributed by atoms with Crippen LogP contribution in [0, 0.1) is 0 Å². The van der Waals surface area contributed by atoms with Gasteiger partial charge in [0.05, 0.1) is 18.2 Å². The van der Waals surface area contributed by atoms with Gasteiger partial charge in [0.25, 0.3) is 0 Å². The molecule has 1 aliphatic carbocycles. The Hall–Kier alpha value is -1.42. The number of hydrogen-bond acceptors (Lipinski definition) is 3. The number of nitrogens with two attached hydrogens (primary N) is 1. The summed E-state index contributed by atoms with van der Waals surface area (Å²) in [6.45, 7) is 2.47. The van der Waals surface area contributed by atoms with Gasteiger partial charge in [0, 0.05) is 13.1 Å². The Kier molecular flexibility index (Phi) is 3.51. The summed E-state index contributed by atoms with van der Waals surface area (Å²) in [5.74, 6) is 0. The van der Waals surface area contributed by atoms with Crippen LogP contribution in [0.25, 0.3) is 5.57 Å². The van der Waals surface area contributed by atoms with Crippen molar-refractivity contribution >= 4 is 5.57 Å². The maximum atomic E-state index is 6.57. The molecule has 100 valence electrons. The molecule has 1 saturated heterocycles. The van der Waals surface area contributed by atoms with Crippen LogP contribution in [0.15, 0.2) is 48.6 Å². The molecule has 3 rings (SSSR count). The van der Waals surface area contributed by atoms with Gasteiger partial charge in [-0.3, -0.25) is 0 Å². The molecule has 2 unspecified atom stereocenters. The lowest BCUT2D eigenvalue weighted by atomic mass is 9.80. The van der Waals surface area contributed by atoms with Crippen LogP contribution in [-0.4, -0.2) is 31.3 Å². The topological polar surface area (TPSA) is 47.3 Å². The third-order valence-corrected chi connectivity index (χ3v) is 3.87. The molecule has 0 spiro atoms. The molecule has 1 aliphatic heterocycles. The minimum absolute atomic E-state index is 0.0462. The van der Waals surface area contributed by atoms with Crippen molar-refractivity contribution in [1.82, 2.24) is 5.32 Å². The molecule has 2 atom stereocenters. The summed E-state index contributed by atoms with van der Waals surface area (Å²) in [5.41, 5.74) is 8.68. The lowest BCUT2D eigenvalue weighted by Gasteiger charge is -2.39. The van der Waals surface area contributed by atoms with Crippen molar-refractivity contribution in [2.24, 2.45) is 5.73 Å². The lowest BCUT2D eigenvalue weighted by Crippen LogP contribution is -2.58. The van der Waals surface area contributed by atoms with Crippen LogP contribution in [0.2, 0.25) is 0 Å². The van der Waals surface area contributed by atoms with E-state index >= 15 is 0 Å². The molecule has 1 heterocycles. The SMILES string of the molecule is NC1(C2CNCCO2)C=CC=C(c2ccccc2)C1. The average Bonchev–Trinajstić information content (AvgIpc) is 2.49. The molecule has 0 saturated carbocycles. The fourth-order valence-corrected chi connectivity index (χ4v) is 2.77. The smallest absolute Gasteiger partial charge is 0.0918 e.